The standard InChI is InChI=1S/C42H82O2/c1-5-7-9-11-13-15-17-19-21-22-23-24-26-28-30-32-34-36-38-41(39-44-42(43)40(3)4)37-35-33-31-29-27-25-20-18-16-14-12-10-8-6-2/h41H,3,5-39H2,1-2,4H3. The van der Waals surface area contributed by atoms with Crippen LogP contribution in [0.15, 0.2) is 12.2 Å². The summed E-state index contributed by atoms with van der Waals surface area (Å²) >= 11 is 0. The third-order valence-corrected chi connectivity index (χ3v) is 9.73. The van der Waals surface area contributed by atoms with Gasteiger partial charge in [0, 0.05) is 5.57 Å². The average molecular weight is 619 g/mol. The molecular weight excluding hydrogens is 536 g/mol. The molecule has 0 aromatic rings. The Morgan fingerprint density at radius 2 is 0.659 bits per heavy atom. The summed E-state index contributed by atoms with van der Waals surface area (Å²) in [6, 6.07) is 0. The van der Waals surface area contributed by atoms with Gasteiger partial charge in [0.05, 0.1) is 6.61 Å². The lowest BCUT2D eigenvalue weighted by Crippen LogP contribution is -2.15. The normalized spacial score (nSPS) is 12.1. The molecule has 2 nitrogen and oxygen atoms in total. The van der Waals surface area contributed by atoms with E-state index in [9.17, 15) is 4.79 Å². The van der Waals surface area contributed by atoms with Gasteiger partial charge in [0.25, 0.3) is 0 Å². The highest BCUT2D eigenvalue weighted by Gasteiger charge is 2.12. The maximum atomic E-state index is 12.0. The highest BCUT2D eigenvalue weighted by molar-refractivity contribution is 5.86. The molecular formula is C42H82O2. The smallest absolute Gasteiger partial charge is 0.333 e. The van der Waals surface area contributed by atoms with Crippen molar-refractivity contribution in [3.05, 3.63) is 12.2 Å². The Morgan fingerprint density at radius 1 is 0.432 bits per heavy atom. The Hall–Kier alpha value is -0.790. The van der Waals surface area contributed by atoms with Gasteiger partial charge in [-0.2, -0.15) is 0 Å². The Balaban J connectivity index is 3.71. The highest BCUT2D eigenvalue weighted by atomic mass is 16.5. The van der Waals surface area contributed by atoms with Crippen molar-refractivity contribution in [3.63, 3.8) is 0 Å². The third-order valence-electron chi connectivity index (χ3n) is 9.73. The molecule has 0 N–H and O–H groups in total. The first kappa shape index (κ1) is 43.2. The minimum absolute atomic E-state index is 0.214. The Bertz CT molecular complexity index is 582. The predicted octanol–water partition coefficient (Wildman–Crippen LogP) is 15.0. The fourth-order valence-electron chi connectivity index (χ4n) is 6.59. The van der Waals surface area contributed by atoms with Crippen molar-refractivity contribution in [3.8, 4) is 0 Å². The topological polar surface area (TPSA) is 26.3 Å². The minimum Gasteiger partial charge on any atom is -0.462 e. The van der Waals surface area contributed by atoms with Gasteiger partial charge in [-0.1, -0.05) is 226 Å². The minimum atomic E-state index is -0.214. The van der Waals surface area contributed by atoms with Crippen LogP contribution in [0.2, 0.25) is 0 Å². The number of carbonyl (C=O) groups is 1. The summed E-state index contributed by atoms with van der Waals surface area (Å²) in [5.41, 5.74) is 0.522. The van der Waals surface area contributed by atoms with Crippen LogP contribution in [0, 0.1) is 5.92 Å². The van der Waals surface area contributed by atoms with E-state index in [1.807, 2.05) is 0 Å². The second-order valence-corrected chi connectivity index (χ2v) is 14.4. The molecule has 0 rings (SSSR count). The fourth-order valence-corrected chi connectivity index (χ4v) is 6.59. The second-order valence-electron chi connectivity index (χ2n) is 14.4. The van der Waals surface area contributed by atoms with E-state index >= 15 is 0 Å². The molecule has 1 unspecified atom stereocenters. The van der Waals surface area contributed by atoms with Gasteiger partial charge in [-0.15, -0.1) is 0 Å². The van der Waals surface area contributed by atoms with Gasteiger partial charge < -0.3 is 4.74 Å². The van der Waals surface area contributed by atoms with E-state index in [1.54, 1.807) is 6.92 Å². The fraction of sp³-hybridized carbons (Fsp3) is 0.929. The van der Waals surface area contributed by atoms with Crippen LogP contribution in [0.4, 0.5) is 0 Å². The molecule has 0 heterocycles. The molecule has 0 aliphatic rings. The summed E-state index contributed by atoms with van der Waals surface area (Å²) in [7, 11) is 0. The van der Waals surface area contributed by atoms with Crippen LogP contribution in [0.1, 0.15) is 239 Å². The summed E-state index contributed by atoms with van der Waals surface area (Å²) in [6.07, 6.45) is 47.6. The van der Waals surface area contributed by atoms with E-state index in [2.05, 4.69) is 20.4 Å². The maximum Gasteiger partial charge on any atom is 0.333 e. The molecule has 0 amide bonds. The largest absolute Gasteiger partial charge is 0.462 e. The summed E-state index contributed by atoms with van der Waals surface area (Å²) in [4.78, 5) is 12.0. The lowest BCUT2D eigenvalue weighted by molar-refractivity contribution is -0.140. The van der Waals surface area contributed by atoms with E-state index < -0.39 is 0 Å². The quantitative estimate of drug-likeness (QED) is 0.0393. The maximum absolute atomic E-state index is 12.0. The number of hydrogen-bond acceptors (Lipinski definition) is 2. The monoisotopic (exact) mass is 619 g/mol. The van der Waals surface area contributed by atoms with Crippen LogP contribution in [-0.2, 0) is 9.53 Å². The van der Waals surface area contributed by atoms with Crippen LogP contribution in [0.25, 0.3) is 0 Å². The average Bonchev–Trinajstić information content (AvgIpc) is 3.02. The number of ether oxygens (including phenoxy) is 1. The molecule has 0 saturated heterocycles. The van der Waals surface area contributed by atoms with Gasteiger partial charge in [0.15, 0.2) is 0 Å². The molecule has 0 radical (unpaired) electrons. The van der Waals surface area contributed by atoms with Crippen molar-refractivity contribution in [2.45, 2.75) is 239 Å². The lowest BCUT2D eigenvalue weighted by atomic mass is 9.94. The van der Waals surface area contributed by atoms with E-state index in [4.69, 9.17) is 4.74 Å². The van der Waals surface area contributed by atoms with Gasteiger partial charge in [-0.3, -0.25) is 0 Å². The zero-order valence-electron chi connectivity index (χ0n) is 30.8. The lowest BCUT2D eigenvalue weighted by Gasteiger charge is -2.17. The van der Waals surface area contributed by atoms with Crippen molar-refractivity contribution in [1.29, 1.82) is 0 Å². The Morgan fingerprint density at radius 3 is 0.886 bits per heavy atom. The van der Waals surface area contributed by atoms with Gasteiger partial charge >= 0.3 is 5.97 Å². The van der Waals surface area contributed by atoms with Crippen LogP contribution < -0.4 is 0 Å². The second kappa shape index (κ2) is 36.7. The molecule has 2 heteroatoms. The van der Waals surface area contributed by atoms with Crippen molar-refractivity contribution in [1.82, 2.24) is 0 Å². The number of unbranched alkanes of at least 4 members (excludes halogenated alkanes) is 30. The van der Waals surface area contributed by atoms with E-state index in [0.717, 1.165) is 0 Å². The molecule has 0 fully saturated rings. The molecule has 0 bridgehead atoms. The van der Waals surface area contributed by atoms with Gasteiger partial charge in [0.2, 0.25) is 0 Å². The highest BCUT2D eigenvalue weighted by Crippen LogP contribution is 2.21. The SMILES string of the molecule is C=C(C)C(=O)OCC(CCCCCCCCCCCCCCCC)CCCCCCCCCCCCCCCCCCCC. The molecule has 0 aromatic carbocycles. The van der Waals surface area contributed by atoms with Crippen LogP contribution >= 0.6 is 0 Å². The number of carbonyl (C=O) groups excluding carboxylic acids is 1. The zero-order chi connectivity index (χ0) is 32.2. The first-order valence-corrected chi connectivity index (χ1v) is 20.4. The summed E-state index contributed by atoms with van der Waals surface area (Å²) in [6.45, 7) is 10.7. The zero-order valence-corrected chi connectivity index (χ0v) is 30.8. The van der Waals surface area contributed by atoms with E-state index in [1.165, 1.54) is 218 Å². The molecule has 0 aliphatic heterocycles. The molecule has 0 aromatic heterocycles. The van der Waals surface area contributed by atoms with Crippen LogP contribution in [0.3, 0.4) is 0 Å². The van der Waals surface area contributed by atoms with Crippen molar-refractivity contribution in [2.24, 2.45) is 5.92 Å². The number of esters is 1. The van der Waals surface area contributed by atoms with Gasteiger partial charge in [-0.25, -0.2) is 4.79 Å². The molecule has 0 aliphatic carbocycles. The Labute approximate surface area is 278 Å². The van der Waals surface area contributed by atoms with E-state index in [-0.39, 0.29) is 5.97 Å². The molecule has 262 valence electrons. The van der Waals surface area contributed by atoms with Crippen LogP contribution in [0.5, 0.6) is 0 Å². The number of rotatable bonds is 37. The van der Waals surface area contributed by atoms with Crippen LogP contribution in [-0.4, -0.2) is 12.6 Å². The molecule has 1 atom stereocenters. The van der Waals surface area contributed by atoms with Gasteiger partial charge in [-0.05, 0) is 25.7 Å². The predicted molar refractivity (Wildman–Crippen MR) is 198 cm³/mol. The van der Waals surface area contributed by atoms with Crippen molar-refractivity contribution in [2.75, 3.05) is 6.61 Å². The summed E-state index contributed by atoms with van der Waals surface area (Å²) < 4.78 is 5.58. The van der Waals surface area contributed by atoms with E-state index in [0.29, 0.717) is 18.1 Å². The summed E-state index contributed by atoms with van der Waals surface area (Å²) in [5.74, 6) is 0.311. The summed E-state index contributed by atoms with van der Waals surface area (Å²) in [5, 5.41) is 0. The first-order valence-electron chi connectivity index (χ1n) is 20.4. The number of hydrogen-bond donors (Lipinski definition) is 0. The molecule has 0 spiro atoms. The van der Waals surface area contributed by atoms with Crippen molar-refractivity contribution < 1.29 is 9.53 Å². The molecule has 0 saturated carbocycles. The third kappa shape index (κ3) is 34.1. The van der Waals surface area contributed by atoms with Crippen molar-refractivity contribution >= 4 is 5.97 Å². The molecule has 44 heavy (non-hydrogen) atoms. The first-order chi connectivity index (χ1) is 21.6. The Kier molecular flexibility index (Phi) is 36.0. The van der Waals surface area contributed by atoms with Gasteiger partial charge in [0.1, 0.15) is 0 Å².